The normalized spacial score (nSPS) is 22.8. The average Bonchev–Trinajstić information content (AvgIpc) is 2.53. The minimum atomic E-state index is -3.55. The van der Waals surface area contributed by atoms with Gasteiger partial charge < -0.3 is 14.8 Å². The first-order valence-electron chi connectivity index (χ1n) is 6.50. The standard InChI is InChI=1S/C12H21NO7S/c1-12(2,3)20-11(15)13-8-7-10(14)19-9(8)5-6-18-21(4,16)17/h8-9H,5-7H2,1-4H3,(H,13,15)/t8-,9-/m1/s1. The van der Waals surface area contributed by atoms with Crippen molar-refractivity contribution in [1.29, 1.82) is 0 Å². The van der Waals surface area contributed by atoms with E-state index in [1.807, 2.05) is 0 Å². The number of amides is 1. The molecule has 0 aromatic rings. The molecule has 1 aliphatic heterocycles. The Morgan fingerprint density at radius 3 is 2.57 bits per heavy atom. The van der Waals surface area contributed by atoms with E-state index in [-0.39, 0.29) is 19.4 Å². The first-order chi connectivity index (χ1) is 9.46. The van der Waals surface area contributed by atoms with Crippen molar-refractivity contribution >= 4 is 22.2 Å². The molecule has 1 amide bonds. The zero-order valence-corrected chi connectivity index (χ0v) is 13.4. The number of rotatable bonds is 5. The highest BCUT2D eigenvalue weighted by molar-refractivity contribution is 7.85. The molecule has 0 saturated carbocycles. The van der Waals surface area contributed by atoms with E-state index in [1.165, 1.54) is 0 Å². The van der Waals surface area contributed by atoms with Gasteiger partial charge in [0, 0.05) is 6.42 Å². The lowest BCUT2D eigenvalue weighted by molar-refractivity contribution is -0.141. The molecule has 9 heteroatoms. The van der Waals surface area contributed by atoms with E-state index < -0.39 is 39.9 Å². The topological polar surface area (TPSA) is 108 Å². The van der Waals surface area contributed by atoms with Gasteiger partial charge in [-0.15, -0.1) is 0 Å². The number of carbonyl (C=O) groups excluding carboxylic acids is 2. The van der Waals surface area contributed by atoms with Crippen molar-refractivity contribution in [1.82, 2.24) is 5.32 Å². The van der Waals surface area contributed by atoms with Crippen LogP contribution in [0.1, 0.15) is 33.6 Å². The number of carbonyl (C=O) groups is 2. The van der Waals surface area contributed by atoms with Gasteiger partial charge >= 0.3 is 12.1 Å². The molecule has 2 atom stereocenters. The lowest BCUT2D eigenvalue weighted by Crippen LogP contribution is -2.43. The van der Waals surface area contributed by atoms with Gasteiger partial charge in [-0.3, -0.25) is 8.98 Å². The SMILES string of the molecule is CC(C)(C)OC(=O)N[C@@H]1CC(=O)O[C@@H]1CCOS(C)(=O)=O. The van der Waals surface area contributed by atoms with Crippen LogP contribution in [0.4, 0.5) is 4.79 Å². The monoisotopic (exact) mass is 323 g/mol. The number of alkyl carbamates (subject to hydrolysis) is 1. The van der Waals surface area contributed by atoms with Gasteiger partial charge in [-0.2, -0.15) is 8.42 Å². The summed E-state index contributed by atoms with van der Waals surface area (Å²) in [6.45, 7) is 5.05. The number of esters is 1. The molecule has 122 valence electrons. The van der Waals surface area contributed by atoms with Crippen molar-refractivity contribution in [3.05, 3.63) is 0 Å². The summed E-state index contributed by atoms with van der Waals surface area (Å²) in [5, 5.41) is 2.55. The number of nitrogens with one attached hydrogen (secondary N) is 1. The zero-order chi connectivity index (χ0) is 16.3. The summed E-state index contributed by atoms with van der Waals surface area (Å²) >= 11 is 0. The highest BCUT2D eigenvalue weighted by atomic mass is 32.2. The van der Waals surface area contributed by atoms with Crippen LogP contribution in [-0.4, -0.2) is 51.1 Å². The minimum absolute atomic E-state index is 0.0167. The van der Waals surface area contributed by atoms with Gasteiger partial charge in [0.05, 0.1) is 25.3 Å². The fourth-order valence-electron chi connectivity index (χ4n) is 1.79. The third kappa shape index (κ3) is 7.28. The molecule has 1 N–H and O–H groups in total. The van der Waals surface area contributed by atoms with Crippen molar-refractivity contribution in [2.24, 2.45) is 0 Å². The molecule has 0 aromatic carbocycles. The maximum atomic E-state index is 11.7. The van der Waals surface area contributed by atoms with Gasteiger partial charge in [0.2, 0.25) is 0 Å². The first-order valence-corrected chi connectivity index (χ1v) is 8.31. The minimum Gasteiger partial charge on any atom is -0.460 e. The summed E-state index contributed by atoms with van der Waals surface area (Å²) in [6, 6.07) is -0.560. The first kappa shape index (κ1) is 17.7. The lowest BCUT2D eigenvalue weighted by Gasteiger charge is -2.23. The summed E-state index contributed by atoms with van der Waals surface area (Å²) < 4.78 is 36.5. The Morgan fingerprint density at radius 2 is 2.05 bits per heavy atom. The van der Waals surface area contributed by atoms with Crippen LogP contribution in [0.15, 0.2) is 0 Å². The van der Waals surface area contributed by atoms with E-state index in [1.54, 1.807) is 20.8 Å². The Hall–Kier alpha value is -1.35. The van der Waals surface area contributed by atoms with Crippen LogP contribution in [0.25, 0.3) is 0 Å². The Bertz CT molecular complexity index is 494. The van der Waals surface area contributed by atoms with Crippen LogP contribution in [0.3, 0.4) is 0 Å². The predicted octanol–water partition coefficient (Wildman–Crippen LogP) is 0.562. The number of hydrogen-bond acceptors (Lipinski definition) is 7. The molecule has 1 fully saturated rings. The molecule has 8 nitrogen and oxygen atoms in total. The van der Waals surface area contributed by atoms with Crippen molar-refractivity contribution in [3.8, 4) is 0 Å². The number of hydrogen-bond donors (Lipinski definition) is 1. The predicted molar refractivity (Wildman–Crippen MR) is 73.1 cm³/mol. The summed E-state index contributed by atoms with van der Waals surface area (Å²) in [7, 11) is -3.55. The van der Waals surface area contributed by atoms with Crippen molar-refractivity contribution < 1.29 is 31.7 Å². The fraction of sp³-hybridized carbons (Fsp3) is 0.833. The van der Waals surface area contributed by atoms with Crippen LogP contribution in [0, 0.1) is 0 Å². The highest BCUT2D eigenvalue weighted by Gasteiger charge is 2.36. The quantitative estimate of drug-likeness (QED) is 0.581. The maximum absolute atomic E-state index is 11.7. The zero-order valence-electron chi connectivity index (χ0n) is 12.5. The molecule has 0 radical (unpaired) electrons. The molecular formula is C12H21NO7S. The van der Waals surface area contributed by atoms with Crippen LogP contribution in [0.2, 0.25) is 0 Å². The summed E-state index contributed by atoms with van der Waals surface area (Å²) in [4.78, 5) is 23.0. The molecule has 0 unspecified atom stereocenters. The highest BCUT2D eigenvalue weighted by Crippen LogP contribution is 2.19. The van der Waals surface area contributed by atoms with Gasteiger partial charge in [-0.25, -0.2) is 4.79 Å². The summed E-state index contributed by atoms with van der Waals surface area (Å²) in [6.07, 6.45) is -0.168. The largest absolute Gasteiger partial charge is 0.460 e. The Kier molecular flexibility index (Phi) is 5.57. The van der Waals surface area contributed by atoms with Gasteiger partial charge in [0.25, 0.3) is 10.1 Å². The van der Waals surface area contributed by atoms with Crippen LogP contribution >= 0.6 is 0 Å². The molecule has 1 aliphatic rings. The third-order valence-corrected chi connectivity index (χ3v) is 3.11. The molecule has 1 rings (SSSR count). The lowest BCUT2D eigenvalue weighted by atomic mass is 10.1. The van der Waals surface area contributed by atoms with E-state index >= 15 is 0 Å². The molecular weight excluding hydrogens is 302 g/mol. The molecule has 21 heavy (non-hydrogen) atoms. The van der Waals surface area contributed by atoms with Crippen molar-refractivity contribution in [2.75, 3.05) is 12.9 Å². The van der Waals surface area contributed by atoms with Crippen LogP contribution in [-0.2, 0) is 28.6 Å². The molecule has 0 aromatic heterocycles. The van der Waals surface area contributed by atoms with E-state index in [2.05, 4.69) is 9.50 Å². The van der Waals surface area contributed by atoms with E-state index in [0.29, 0.717) is 0 Å². The molecule has 1 saturated heterocycles. The second kappa shape index (κ2) is 6.61. The average molecular weight is 323 g/mol. The number of ether oxygens (including phenoxy) is 2. The van der Waals surface area contributed by atoms with Crippen LogP contribution in [0.5, 0.6) is 0 Å². The third-order valence-electron chi connectivity index (χ3n) is 2.52. The van der Waals surface area contributed by atoms with Crippen molar-refractivity contribution in [2.45, 2.75) is 51.4 Å². The Morgan fingerprint density at radius 1 is 1.43 bits per heavy atom. The molecule has 0 aliphatic carbocycles. The summed E-state index contributed by atoms with van der Waals surface area (Å²) in [5.41, 5.74) is -0.650. The number of cyclic esters (lactones) is 1. The fourth-order valence-corrected chi connectivity index (χ4v) is 2.19. The van der Waals surface area contributed by atoms with Gasteiger partial charge in [0.1, 0.15) is 11.7 Å². The summed E-state index contributed by atoms with van der Waals surface area (Å²) in [5.74, 6) is -0.458. The van der Waals surface area contributed by atoms with Gasteiger partial charge in [0.15, 0.2) is 0 Å². The van der Waals surface area contributed by atoms with Crippen molar-refractivity contribution in [3.63, 3.8) is 0 Å². The van der Waals surface area contributed by atoms with Gasteiger partial charge in [-0.1, -0.05) is 0 Å². The Labute approximate surface area is 124 Å². The Balaban J connectivity index is 2.51. The van der Waals surface area contributed by atoms with E-state index in [4.69, 9.17) is 9.47 Å². The smallest absolute Gasteiger partial charge is 0.408 e. The van der Waals surface area contributed by atoms with E-state index in [0.717, 1.165) is 6.26 Å². The second-order valence-corrected chi connectivity index (χ2v) is 7.44. The molecule has 1 heterocycles. The van der Waals surface area contributed by atoms with Crippen LogP contribution < -0.4 is 5.32 Å². The maximum Gasteiger partial charge on any atom is 0.408 e. The second-order valence-electron chi connectivity index (χ2n) is 5.80. The molecule has 0 bridgehead atoms. The van der Waals surface area contributed by atoms with Gasteiger partial charge in [-0.05, 0) is 20.8 Å². The molecule has 0 spiro atoms. The van der Waals surface area contributed by atoms with E-state index in [9.17, 15) is 18.0 Å².